The van der Waals surface area contributed by atoms with Gasteiger partial charge < -0.3 is 4.74 Å². The smallest absolute Gasteiger partial charge is 0.306 e. The van der Waals surface area contributed by atoms with Gasteiger partial charge in [0.15, 0.2) is 0 Å². The zero-order valence-electron chi connectivity index (χ0n) is 8.93. The van der Waals surface area contributed by atoms with Gasteiger partial charge in [0, 0.05) is 13.3 Å². The monoisotopic (exact) mass is 197 g/mol. The summed E-state index contributed by atoms with van der Waals surface area (Å²) in [5.41, 5.74) is 0. The second-order valence-corrected chi connectivity index (χ2v) is 3.38. The van der Waals surface area contributed by atoms with Gasteiger partial charge in [-0.05, 0) is 6.42 Å². The predicted molar refractivity (Wildman–Crippen MR) is 51.3 cm³/mol. The number of esters is 1. The molecule has 0 aliphatic heterocycles. The second-order valence-electron chi connectivity index (χ2n) is 3.38. The van der Waals surface area contributed by atoms with Crippen molar-refractivity contribution in [1.82, 2.24) is 4.57 Å². The first-order valence-electron chi connectivity index (χ1n) is 4.83. The van der Waals surface area contributed by atoms with E-state index in [1.54, 1.807) is 0 Å². The molecule has 0 aromatic carbocycles. The minimum Gasteiger partial charge on any atom is -0.422 e. The summed E-state index contributed by atoms with van der Waals surface area (Å²) >= 11 is 0. The van der Waals surface area contributed by atoms with Gasteiger partial charge in [-0.1, -0.05) is 6.92 Å². The number of aromatic nitrogens is 2. The summed E-state index contributed by atoms with van der Waals surface area (Å²) in [6, 6.07) is 0. The number of imidazole rings is 1. The van der Waals surface area contributed by atoms with Crippen molar-refractivity contribution < 1.29 is 14.1 Å². The summed E-state index contributed by atoms with van der Waals surface area (Å²) in [7, 11) is 1.94. The normalized spacial score (nSPS) is 12.5. The van der Waals surface area contributed by atoms with Gasteiger partial charge in [-0.3, -0.25) is 4.79 Å². The summed E-state index contributed by atoms with van der Waals surface area (Å²) in [4.78, 5) is 10.9. The van der Waals surface area contributed by atoms with E-state index in [4.69, 9.17) is 4.74 Å². The van der Waals surface area contributed by atoms with Crippen molar-refractivity contribution in [3.63, 3.8) is 0 Å². The van der Waals surface area contributed by atoms with Crippen molar-refractivity contribution in [1.29, 1.82) is 0 Å². The highest BCUT2D eigenvalue weighted by Gasteiger charge is 2.17. The molecule has 0 spiro atoms. The number of hydrogen-bond donors (Lipinski definition) is 0. The quantitative estimate of drug-likeness (QED) is 0.536. The first kappa shape index (κ1) is 10.8. The van der Waals surface area contributed by atoms with Gasteiger partial charge >= 0.3 is 5.97 Å². The minimum absolute atomic E-state index is 0.168. The largest absolute Gasteiger partial charge is 0.422 e. The molecule has 1 rings (SSSR count). The van der Waals surface area contributed by atoms with Gasteiger partial charge in [-0.25, -0.2) is 4.57 Å². The molecule has 0 saturated carbocycles. The molecule has 0 bridgehead atoms. The van der Waals surface area contributed by atoms with E-state index >= 15 is 0 Å². The maximum absolute atomic E-state index is 10.9. The Bertz CT molecular complexity index is 307. The molecule has 4 nitrogen and oxygen atoms in total. The van der Waals surface area contributed by atoms with Crippen molar-refractivity contribution in [3.8, 4) is 0 Å². The number of nitrogens with zero attached hydrogens (tertiary/aromatic N) is 2. The first-order valence-corrected chi connectivity index (χ1v) is 4.83. The second kappa shape index (κ2) is 4.79. The van der Waals surface area contributed by atoms with Crippen LogP contribution < -0.4 is 4.57 Å². The average molecular weight is 197 g/mol. The van der Waals surface area contributed by atoms with Gasteiger partial charge in [0.25, 0.3) is 0 Å². The Hall–Kier alpha value is -1.32. The number of aryl methyl sites for hydroxylation is 1. The number of ether oxygens (including phenoxy) is 1. The first-order chi connectivity index (χ1) is 6.63. The van der Waals surface area contributed by atoms with Crippen LogP contribution in [0.4, 0.5) is 0 Å². The zero-order valence-corrected chi connectivity index (χ0v) is 8.93. The van der Waals surface area contributed by atoms with Crippen LogP contribution in [0.1, 0.15) is 32.9 Å². The molecule has 0 fully saturated rings. The standard InChI is InChI=1S/C10H17N2O2/c1-4-5-10(14-9(2)13)12-7-6-11(3)8-12/h6-8,10H,4-5H2,1-3H3/q+1. The third kappa shape index (κ3) is 2.87. The molecule has 0 saturated heterocycles. The van der Waals surface area contributed by atoms with Gasteiger partial charge in [-0.15, -0.1) is 0 Å². The Morgan fingerprint density at radius 1 is 1.64 bits per heavy atom. The summed E-state index contributed by atoms with van der Waals surface area (Å²) < 4.78 is 9.03. The van der Waals surface area contributed by atoms with Crippen LogP contribution in [-0.4, -0.2) is 10.5 Å². The lowest BCUT2D eigenvalue weighted by Gasteiger charge is -2.12. The molecule has 1 heterocycles. The Kier molecular flexibility index (Phi) is 3.68. The lowest BCUT2D eigenvalue weighted by atomic mass is 10.3. The van der Waals surface area contributed by atoms with Crippen molar-refractivity contribution in [3.05, 3.63) is 18.7 Å². The van der Waals surface area contributed by atoms with Crippen LogP contribution in [0.15, 0.2) is 18.7 Å². The average Bonchev–Trinajstić information content (AvgIpc) is 2.50. The van der Waals surface area contributed by atoms with Crippen LogP contribution in [0.3, 0.4) is 0 Å². The van der Waals surface area contributed by atoms with E-state index in [0.29, 0.717) is 0 Å². The number of carbonyl (C=O) groups is 1. The maximum atomic E-state index is 10.9. The van der Waals surface area contributed by atoms with E-state index in [9.17, 15) is 4.79 Å². The van der Waals surface area contributed by atoms with E-state index in [1.807, 2.05) is 34.9 Å². The van der Waals surface area contributed by atoms with Crippen molar-refractivity contribution >= 4 is 5.97 Å². The molecule has 0 N–H and O–H groups in total. The number of hydrogen-bond acceptors (Lipinski definition) is 2. The van der Waals surface area contributed by atoms with Gasteiger partial charge in [0.05, 0.1) is 7.05 Å². The Balaban J connectivity index is 2.71. The fraction of sp³-hybridized carbons (Fsp3) is 0.600. The molecule has 0 radical (unpaired) electrons. The third-order valence-corrected chi connectivity index (χ3v) is 1.96. The molecule has 14 heavy (non-hydrogen) atoms. The molecule has 1 aromatic heterocycles. The molecule has 1 unspecified atom stereocenters. The molecular weight excluding hydrogens is 180 g/mol. The fourth-order valence-electron chi connectivity index (χ4n) is 1.35. The van der Waals surface area contributed by atoms with E-state index in [1.165, 1.54) is 6.92 Å². The summed E-state index contributed by atoms with van der Waals surface area (Å²) in [5.74, 6) is -0.236. The van der Waals surface area contributed by atoms with Gasteiger partial charge in [0.2, 0.25) is 12.6 Å². The minimum atomic E-state index is -0.236. The zero-order chi connectivity index (χ0) is 10.6. The van der Waals surface area contributed by atoms with Gasteiger partial charge in [-0.2, -0.15) is 4.57 Å². The van der Waals surface area contributed by atoms with Crippen molar-refractivity contribution in [2.24, 2.45) is 7.05 Å². The van der Waals surface area contributed by atoms with Crippen LogP contribution >= 0.6 is 0 Å². The highest BCUT2D eigenvalue weighted by atomic mass is 16.6. The molecular formula is C10H17N2O2+. The fourth-order valence-corrected chi connectivity index (χ4v) is 1.35. The highest BCUT2D eigenvalue weighted by Crippen LogP contribution is 2.14. The topological polar surface area (TPSA) is 35.1 Å². The van der Waals surface area contributed by atoms with Crippen LogP contribution in [0.2, 0.25) is 0 Å². The van der Waals surface area contributed by atoms with Crippen LogP contribution in [0.25, 0.3) is 0 Å². The predicted octanol–water partition coefficient (Wildman–Crippen LogP) is 1.17. The van der Waals surface area contributed by atoms with Crippen molar-refractivity contribution in [2.75, 3.05) is 0 Å². The van der Waals surface area contributed by atoms with Crippen LogP contribution in [-0.2, 0) is 16.6 Å². The lowest BCUT2D eigenvalue weighted by molar-refractivity contribution is -0.671. The number of carbonyl (C=O) groups excluding carboxylic acids is 1. The summed E-state index contributed by atoms with van der Waals surface area (Å²) in [6.45, 7) is 3.51. The summed E-state index contributed by atoms with van der Waals surface area (Å²) in [6.07, 6.45) is 7.39. The maximum Gasteiger partial charge on any atom is 0.306 e. The third-order valence-electron chi connectivity index (χ3n) is 1.96. The van der Waals surface area contributed by atoms with Crippen molar-refractivity contribution in [2.45, 2.75) is 32.9 Å². The Morgan fingerprint density at radius 2 is 2.36 bits per heavy atom. The lowest BCUT2D eigenvalue weighted by Crippen LogP contribution is -2.25. The van der Waals surface area contributed by atoms with E-state index in [-0.39, 0.29) is 12.2 Å². The molecule has 0 aliphatic carbocycles. The Morgan fingerprint density at radius 3 is 2.79 bits per heavy atom. The Labute approximate surface area is 84.1 Å². The molecule has 4 heteroatoms. The molecule has 0 amide bonds. The van der Waals surface area contributed by atoms with Gasteiger partial charge in [0.1, 0.15) is 12.4 Å². The highest BCUT2D eigenvalue weighted by molar-refractivity contribution is 5.65. The number of rotatable bonds is 4. The molecule has 1 aromatic rings. The van der Waals surface area contributed by atoms with Crippen LogP contribution in [0.5, 0.6) is 0 Å². The van der Waals surface area contributed by atoms with E-state index in [2.05, 4.69) is 6.92 Å². The summed E-state index contributed by atoms with van der Waals surface area (Å²) in [5, 5.41) is 0. The van der Waals surface area contributed by atoms with E-state index < -0.39 is 0 Å². The van der Waals surface area contributed by atoms with E-state index in [0.717, 1.165) is 12.8 Å². The van der Waals surface area contributed by atoms with Crippen LogP contribution in [0, 0.1) is 0 Å². The SMILES string of the molecule is CCCC(OC(C)=O)n1cc[n+](C)c1. The molecule has 1 atom stereocenters. The molecule has 0 aliphatic rings. The molecule has 78 valence electrons.